The van der Waals surface area contributed by atoms with Gasteiger partial charge < -0.3 is 10.6 Å². The van der Waals surface area contributed by atoms with Gasteiger partial charge in [-0.1, -0.05) is 6.92 Å². The van der Waals surface area contributed by atoms with Crippen LogP contribution in [-0.4, -0.2) is 18.5 Å². The van der Waals surface area contributed by atoms with Crippen molar-refractivity contribution >= 4 is 27.5 Å². The summed E-state index contributed by atoms with van der Waals surface area (Å²) in [4.78, 5) is 11.5. The molecule has 1 unspecified atom stereocenters. The maximum absolute atomic E-state index is 12.8. The van der Waals surface area contributed by atoms with Crippen molar-refractivity contribution < 1.29 is 9.18 Å². The molecule has 1 atom stereocenters. The number of anilines is 1. The number of carbonyl (C=O) groups excluding carboxylic acids is 1. The summed E-state index contributed by atoms with van der Waals surface area (Å²) in [5.74, 6) is -0.387. The third kappa shape index (κ3) is 4.73. The van der Waals surface area contributed by atoms with E-state index >= 15 is 0 Å². The van der Waals surface area contributed by atoms with Crippen molar-refractivity contribution in [3.63, 3.8) is 0 Å². The summed E-state index contributed by atoms with van der Waals surface area (Å²) in [7, 11) is 0. The van der Waals surface area contributed by atoms with Crippen LogP contribution in [-0.2, 0) is 4.79 Å². The Kier molecular flexibility index (Phi) is 5.41. The highest BCUT2D eigenvalue weighted by Crippen LogP contribution is 2.22. The van der Waals surface area contributed by atoms with Gasteiger partial charge in [0.25, 0.3) is 0 Å². The molecule has 17 heavy (non-hydrogen) atoms. The van der Waals surface area contributed by atoms with Crippen LogP contribution in [0.15, 0.2) is 22.7 Å². The second kappa shape index (κ2) is 6.59. The Hall–Kier alpha value is -1.10. The average molecular weight is 303 g/mol. The number of benzene rings is 1. The van der Waals surface area contributed by atoms with E-state index in [4.69, 9.17) is 0 Å². The highest BCUT2D eigenvalue weighted by molar-refractivity contribution is 9.10. The number of amides is 1. The van der Waals surface area contributed by atoms with Crippen LogP contribution in [0.4, 0.5) is 10.1 Å². The number of nitrogens with one attached hydrogen (secondary N) is 2. The third-order valence-corrected chi connectivity index (χ3v) is 3.05. The molecule has 1 amide bonds. The summed E-state index contributed by atoms with van der Waals surface area (Å²) in [6, 6.07) is 4.46. The quantitative estimate of drug-likeness (QED) is 0.878. The van der Waals surface area contributed by atoms with Crippen LogP contribution >= 0.6 is 15.9 Å². The number of hydrogen-bond acceptors (Lipinski definition) is 2. The summed E-state index contributed by atoms with van der Waals surface area (Å²) in [5, 5.41) is 5.78. The van der Waals surface area contributed by atoms with E-state index in [9.17, 15) is 9.18 Å². The molecule has 3 nitrogen and oxygen atoms in total. The summed E-state index contributed by atoms with van der Waals surface area (Å²) in [6.07, 6.45) is 0.895. The lowest BCUT2D eigenvalue weighted by atomic mass is 10.2. The summed E-state index contributed by atoms with van der Waals surface area (Å²) >= 11 is 3.23. The van der Waals surface area contributed by atoms with Gasteiger partial charge in [-0.3, -0.25) is 4.79 Å². The normalized spacial score (nSPS) is 12.0. The maximum atomic E-state index is 12.8. The zero-order valence-electron chi connectivity index (χ0n) is 9.89. The van der Waals surface area contributed by atoms with E-state index in [1.807, 2.05) is 13.8 Å². The van der Waals surface area contributed by atoms with E-state index in [0.717, 1.165) is 6.42 Å². The maximum Gasteiger partial charge on any atom is 0.239 e. The fourth-order valence-corrected chi connectivity index (χ4v) is 1.73. The van der Waals surface area contributed by atoms with Crippen LogP contribution in [0.2, 0.25) is 0 Å². The predicted molar refractivity (Wildman–Crippen MR) is 70.5 cm³/mol. The molecule has 2 N–H and O–H groups in total. The van der Waals surface area contributed by atoms with Gasteiger partial charge in [0.15, 0.2) is 0 Å². The lowest BCUT2D eigenvalue weighted by molar-refractivity contribution is -0.120. The summed E-state index contributed by atoms with van der Waals surface area (Å²) < 4.78 is 13.4. The smallest absolute Gasteiger partial charge is 0.239 e. The highest BCUT2D eigenvalue weighted by Gasteiger charge is 2.06. The monoisotopic (exact) mass is 302 g/mol. The average Bonchev–Trinajstić information content (AvgIpc) is 2.27. The molecule has 1 aromatic rings. The molecular weight excluding hydrogens is 287 g/mol. The minimum atomic E-state index is -0.313. The molecule has 0 fully saturated rings. The number of rotatable bonds is 5. The molecule has 0 aliphatic heterocycles. The molecule has 5 heteroatoms. The van der Waals surface area contributed by atoms with Crippen molar-refractivity contribution in [1.29, 1.82) is 0 Å². The molecule has 0 aromatic heterocycles. The Morgan fingerprint density at radius 3 is 2.82 bits per heavy atom. The van der Waals surface area contributed by atoms with Gasteiger partial charge in [-0.15, -0.1) is 0 Å². The second-order valence-corrected chi connectivity index (χ2v) is 4.71. The fourth-order valence-electron chi connectivity index (χ4n) is 1.24. The first-order valence-corrected chi connectivity index (χ1v) is 6.30. The van der Waals surface area contributed by atoms with E-state index < -0.39 is 0 Å². The molecule has 0 saturated heterocycles. The zero-order valence-corrected chi connectivity index (χ0v) is 11.5. The van der Waals surface area contributed by atoms with Crippen LogP contribution < -0.4 is 10.6 Å². The number of carbonyl (C=O) groups is 1. The lowest BCUT2D eigenvalue weighted by Crippen LogP contribution is -2.36. The molecule has 0 heterocycles. The SMILES string of the molecule is CCC(C)NC(=O)CNc1ccc(F)cc1Br. The molecule has 0 spiro atoms. The standard InChI is InChI=1S/C12H16BrFN2O/c1-3-8(2)16-12(17)7-15-11-5-4-9(14)6-10(11)13/h4-6,8,15H,3,7H2,1-2H3,(H,16,17). The summed E-state index contributed by atoms with van der Waals surface area (Å²) in [5.41, 5.74) is 0.700. The minimum absolute atomic E-state index is 0.0735. The molecule has 1 rings (SSSR count). The van der Waals surface area contributed by atoms with Crippen LogP contribution in [0.1, 0.15) is 20.3 Å². The van der Waals surface area contributed by atoms with Crippen molar-refractivity contribution in [2.24, 2.45) is 0 Å². The molecule has 0 bridgehead atoms. The van der Waals surface area contributed by atoms with Crippen molar-refractivity contribution in [2.45, 2.75) is 26.3 Å². The number of halogens is 2. The molecule has 0 saturated carbocycles. The van der Waals surface area contributed by atoms with E-state index in [0.29, 0.717) is 10.2 Å². The van der Waals surface area contributed by atoms with Gasteiger partial charge in [-0.25, -0.2) is 4.39 Å². The van der Waals surface area contributed by atoms with E-state index in [2.05, 4.69) is 26.6 Å². The first kappa shape index (κ1) is 14.0. The first-order valence-electron chi connectivity index (χ1n) is 5.51. The van der Waals surface area contributed by atoms with E-state index in [1.54, 1.807) is 6.07 Å². The van der Waals surface area contributed by atoms with Gasteiger partial charge in [0.2, 0.25) is 5.91 Å². The van der Waals surface area contributed by atoms with Gasteiger partial charge in [-0.2, -0.15) is 0 Å². The van der Waals surface area contributed by atoms with Crippen molar-refractivity contribution in [3.05, 3.63) is 28.5 Å². The molecule has 0 radical (unpaired) electrons. The molecule has 94 valence electrons. The van der Waals surface area contributed by atoms with E-state index in [-0.39, 0.29) is 24.3 Å². The van der Waals surface area contributed by atoms with Crippen molar-refractivity contribution in [2.75, 3.05) is 11.9 Å². The van der Waals surface area contributed by atoms with Crippen LogP contribution in [0.25, 0.3) is 0 Å². The van der Waals surface area contributed by atoms with Gasteiger partial charge in [0.1, 0.15) is 5.82 Å². The Balaban J connectivity index is 2.47. The third-order valence-electron chi connectivity index (χ3n) is 2.39. The van der Waals surface area contributed by atoms with Crippen molar-refractivity contribution in [3.8, 4) is 0 Å². The van der Waals surface area contributed by atoms with E-state index in [1.165, 1.54) is 12.1 Å². The largest absolute Gasteiger partial charge is 0.375 e. The number of hydrogen-bond donors (Lipinski definition) is 2. The second-order valence-electron chi connectivity index (χ2n) is 3.85. The fraction of sp³-hybridized carbons (Fsp3) is 0.417. The van der Waals surface area contributed by atoms with Gasteiger partial charge in [0, 0.05) is 16.2 Å². The lowest BCUT2D eigenvalue weighted by Gasteiger charge is -2.13. The highest BCUT2D eigenvalue weighted by atomic mass is 79.9. The predicted octanol–water partition coefficient (Wildman–Crippen LogP) is 2.91. The van der Waals surface area contributed by atoms with Crippen LogP contribution in [0, 0.1) is 5.82 Å². The Morgan fingerprint density at radius 2 is 2.24 bits per heavy atom. The zero-order chi connectivity index (χ0) is 12.8. The van der Waals surface area contributed by atoms with Crippen molar-refractivity contribution in [1.82, 2.24) is 5.32 Å². The Labute approximate surface area is 109 Å². The molecule has 0 aliphatic carbocycles. The Bertz CT molecular complexity index is 398. The Morgan fingerprint density at radius 1 is 1.53 bits per heavy atom. The van der Waals surface area contributed by atoms with Gasteiger partial charge >= 0.3 is 0 Å². The summed E-state index contributed by atoms with van der Waals surface area (Å²) in [6.45, 7) is 4.13. The van der Waals surface area contributed by atoms with Crippen LogP contribution in [0.5, 0.6) is 0 Å². The van der Waals surface area contributed by atoms with Crippen LogP contribution in [0.3, 0.4) is 0 Å². The molecule has 0 aliphatic rings. The first-order chi connectivity index (χ1) is 8.02. The molecular formula is C12H16BrFN2O. The van der Waals surface area contributed by atoms with Gasteiger partial charge in [0.05, 0.1) is 6.54 Å². The van der Waals surface area contributed by atoms with Gasteiger partial charge in [-0.05, 0) is 47.5 Å². The molecule has 1 aromatic carbocycles. The minimum Gasteiger partial charge on any atom is -0.375 e. The topological polar surface area (TPSA) is 41.1 Å².